The lowest BCUT2D eigenvalue weighted by molar-refractivity contribution is -0.137. The van der Waals surface area contributed by atoms with Gasteiger partial charge in [-0.15, -0.1) is 12.4 Å². The molecule has 1 aromatic carbocycles. The average molecular weight is 457 g/mol. The first-order chi connectivity index (χ1) is 14.0. The Morgan fingerprint density at radius 3 is 2.87 bits per heavy atom. The third-order valence-corrected chi connectivity index (χ3v) is 5.95. The topological polar surface area (TPSA) is 89.9 Å². The van der Waals surface area contributed by atoms with Crippen molar-refractivity contribution in [3.8, 4) is 0 Å². The molecule has 0 unspecified atom stereocenters. The normalized spacial score (nSPS) is 17.3. The van der Waals surface area contributed by atoms with Crippen LogP contribution in [0.3, 0.4) is 0 Å². The van der Waals surface area contributed by atoms with E-state index in [4.69, 9.17) is 5.11 Å². The quantitative estimate of drug-likeness (QED) is 0.312. The summed E-state index contributed by atoms with van der Waals surface area (Å²) in [6.45, 7) is 1.46. The highest BCUT2D eigenvalue weighted by atomic mass is 35.5. The molecule has 30 heavy (non-hydrogen) atoms. The molecular formula is C22H33ClN2O4S. The van der Waals surface area contributed by atoms with Crippen LogP contribution in [0.1, 0.15) is 36.8 Å². The number of aliphatic hydroxyl groups excluding tert-OH is 1. The summed E-state index contributed by atoms with van der Waals surface area (Å²) in [5.41, 5.74) is 2.28. The highest BCUT2D eigenvalue weighted by Crippen LogP contribution is 2.21. The van der Waals surface area contributed by atoms with Crippen molar-refractivity contribution in [3.05, 3.63) is 47.5 Å². The van der Waals surface area contributed by atoms with E-state index in [1.807, 2.05) is 30.2 Å². The second kappa shape index (κ2) is 14.5. The Labute approximate surface area is 189 Å². The molecule has 1 aromatic rings. The van der Waals surface area contributed by atoms with Gasteiger partial charge in [0, 0.05) is 38.1 Å². The van der Waals surface area contributed by atoms with Crippen LogP contribution in [-0.2, 0) is 22.6 Å². The number of benzene rings is 1. The average Bonchev–Trinajstić information content (AvgIpc) is 3.03. The van der Waals surface area contributed by atoms with Gasteiger partial charge in [0.2, 0.25) is 5.91 Å². The minimum Gasteiger partial charge on any atom is -0.481 e. The Morgan fingerprint density at radius 2 is 2.13 bits per heavy atom. The number of carbonyl (C=O) groups excluding carboxylic acids is 1. The molecule has 0 aromatic heterocycles. The number of carbonyl (C=O) groups is 2. The zero-order valence-electron chi connectivity index (χ0n) is 17.5. The molecule has 1 saturated heterocycles. The van der Waals surface area contributed by atoms with Crippen molar-refractivity contribution in [1.29, 1.82) is 0 Å². The maximum atomic E-state index is 12.2. The van der Waals surface area contributed by atoms with Gasteiger partial charge in [-0.2, -0.15) is 11.8 Å². The van der Waals surface area contributed by atoms with Crippen molar-refractivity contribution in [1.82, 2.24) is 10.2 Å². The maximum Gasteiger partial charge on any atom is 0.303 e. The molecule has 0 radical (unpaired) electrons. The minimum absolute atomic E-state index is 0. The van der Waals surface area contributed by atoms with Crippen molar-refractivity contribution < 1.29 is 19.8 Å². The lowest BCUT2D eigenvalue weighted by atomic mass is 10.0. The van der Waals surface area contributed by atoms with E-state index >= 15 is 0 Å². The van der Waals surface area contributed by atoms with Crippen LogP contribution in [-0.4, -0.2) is 64.2 Å². The predicted octanol–water partition coefficient (Wildman–Crippen LogP) is 2.88. The monoisotopic (exact) mass is 456 g/mol. The first kappa shape index (κ1) is 26.5. The molecule has 2 atom stereocenters. The molecule has 0 bridgehead atoms. The van der Waals surface area contributed by atoms with E-state index in [2.05, 4.69) is 17.4 Å². The molecule has 1 heterocycles. The van der Waals surface area contributed by atoms with E-state index < -0.39 is 12.1 Å². The summed E-state index contributed by atoms with van der Waals surface area (Å²) in [4.78, 5) is 24.6. The van der Waals surface area contributed by atoms with Gasteiger partial charge in [0.25, 0.3) is 0 Å². The van der Waals surface area contributed by atoms with Crippen molar-refractivity contribution in [3.63, 3.8) is 0 Å². The second-order valence-electron chi connectivity index (χ2n) is 7.31. The van der Waals surface area contributed by atoms with Gasteiger partial charge in [-0.1, -0.05) is 36.4 Å². The number of aliphatic hydroxyl groups is 1. The Kier molecular flexibility index (Phi) is 12.8. The van der Waals surface area contributed by atoms with Crippen LogP contribution < -0.4 is 5.32 Å². The van der Waals surface area contributed by atoms with Gasteiger partial charge >= 0.3 is 5.97 Å². The Morgan fingerprint density at radius 1 is 1.37 bits per heavy atom. The smallest absolute Gasteiger partial charge is 0.303 e. The lowest BCUT2D eigenvalue weighted by Gasteiger charge is -2.22. The largest absolute Gasteiger partial charge is 0.481 e. The Balaban J connectivity index is 0.00000450. The van der Waals surface area contributed by atoms with Gasteiger partial charge in [0.05, 0.1) is 12.1 Å². The summed E-state index contributed by atoms with van der Waals surface area (Å²) >= 11 is 1.68. The number of hydrogen-bond donors (Lipinski definition) is 3. The number of aliphatic carboxylic acids is 1. The molecule has 1 aliphatic rings. The summed E-state index contributed by atoms with van der Waals surface area (Å²) in [7, 11) is 1.91. The molecule has 1 fully saturated rings. The van der Waals surface area contributed by atoms with Crippen molar-refractivity contribution in [2.45, 2.75) is 50.8 Å². The van der Waals surface area contributed by atoms with Crippen LogP contribution in [0.4, 0.5) is 0 Å². The molecule has 1 amide bonds. The molecule has 6 nitrogen and oxygen atoms in total. The van der Waals surface area contributed by atoms with Gasteiger partial charge in [-0.3, -0.25) is 9.59 Å². The van der Waals surface area contributed by atoms with E-state index in [-0.39, 0.29) is 30.8 Å². The van der Waals surface area contributed by atoms with Crippen LogP contribution in [0.5, 0.6) is 0 Å². The zero-order chi connectivity index (χ0) is 21.1. The van der Waals surface area contributed by atoms with E-state index in [0.29, 0.717) is 25.8 Å². The minimum atomic E-state index is -0.766. The third-order valence-electron chi connectivity index (χ3n) is 4.90. The standard InChI is InChI=1S/C22H32N2O4S.ClH/c1-23-16-18-5-2-4-17(14-18)15-20(25)9-7-19-8-10-21(26)24(19)11-13-29-12-3-6-22(27)28;/h2,4-5,7,9,14,19-20,23,25H,3,6,8,10-13,15-16H2,1H3,(H,27,28);1H/b9-7+;/t19-,20+;/m0./s1. The predicted molar refractivity (Wildman–Crippen MR) is 124 cm³/mol. The first-order valence-electron chi connectivity index (χ1n) is 10.2. The Hall–Kier alpha value is -1.54. The Bertz CT molecular complexity index is 701. The second-order valence-corrected chi connectivity index (χ2v) is 8.53. The number of likely N-dealkylation sites (tertiary alicyclic amines) is 1. The number of nitrogens with zero attached hydrogens (tertiary/aromatic N) is 1. The molecule has 168 valence electrons. The lowest BCUT2D eigenvalue weighted by Crippen LogP contribution is -2.34. The van der Waals surface area contributed by atoms with Crippen LogP contribution in [0.15, 0.2) is 36.4 Å². The summed E-state index contributed by atoms with van der Waals surface area (Å²) in [6, 6.07) is 8.21. The van der Waals surface area contributed by atoms with Crippen molar-refractivity contribution >= 4 is 36.0 Å². The van der Waals surface area contributed by atoms with E-state index in [9.17, 15) is 14.7 Å². The number of carboxylic acids is 1. The highest BCUT2D eigenvalue weighted by molar-refractivity contribution is 7.99. The number of halogens is 1. The molecule has 1 aliphatic heterocycles. The fraction of sp³-hybridized carbons (Fsp3) is 0.545. The summed E-state index contributed by atoms with van der Waals surface area (Å²) < 4.78 is 0. The highest BCUT2D eigenvalue weighted by Gasteiger charge is 2.28. The number of amides is 1. The van der Waals surface area contributed by atoms with E-state index in [0.717, 1.165) is 30.0 Å². The molecule has 0 saturated carbocycles. The van der Waals surface area contributed by atoms with Crippen molar-refractivity contribution in [2.75, 3.05) is 25.1 Å². The fourth-order valence-corrected chi connectivity index (χ4v) is 4.35. The van der Waals surface area contributed by atoms with Gasteiger partial charge in [-0.25, -0.2) is 0 Å². The zero-order valence-corrected chi connectivity index (χ0v) is 19.1. The number of carboxylic acid groups (broad SMARTS) is 1. The van der Waals surface area contributed by atoms with E-state index in [1.165, 1.54) is 5.56 Å². The molecule has 8 heteroatoms. The van der Waals surface area contributed by atoms with Crippen LogP contribution in [0, 0.1) is 0 Å². The number of nitrogens with one attached hydrogen (secondary N) is 1. The fourth-order valence-electron chi connectivity index (χ4n) is 3.47. The molecular weight excluding hydrogens is 424 g/mol. The maximum absolute atomic E-state index is 12.2. The van der Waals surface area contributed by atoms with Crippen LogP contribution in [0.25, 0.3) is 0 Å². The summed E-state index contributed by atoms with van der Waals surface area (Å²) in [6.07, 6.45) is 5.90. The molecule has 2 rings (SSSR count). The SMILES string of the molecule is CNCc1cccc(C[C@H](O)/C=C/[C@H]2CCC(=O)N2CCSCCCC(=O)O)c1.Cl. The van der Waals surface area contributed by atoms with Gasteiger partial charge < -0.3 is 20.4 Å². The first-order valence-corrected chi connectivity index (χ1v) is 11.3. The third kappa shape index (κ3) is 9.51. The number of thioether (sulfide) groups is 1. The van der Waals surface area contributed by atoms with Gasteiger partial charge in [0.15, 0.2) is 0 Å². The van der Waals surface area contributed by atoms with Gasteiger partial charge in [-0.05, 0) is 36.8 Å². The number of hydrogen-bond acceptors (Lipinski definition) is 5. The van der Waals surface area contributed by atoms with Crippen LogP contribution >= 0.6 is 24.2 Å². The molecule has 0 spiro atoms. The van der Waals surface area contributed by atoms with Crippen molar-refractivity contribution in [2.24, 2.45) is 0 Å². The summed E-state index contributed by atoms with van der Waals surface area (Å²) in [5.74, 6) is 0.981. The number of rotatable bonds is 13. The van der Waals surface area contributed by atoms with Gasteiger partial charge in [0.1, 0.15) is 0 Å². The summed E-state index contributed by atoms with van der Waals surface area (Å²) in [5, 5.41) is 22.2. The van der Waals surface area contributed by atoms with Crippen LogP contribution in [0.2, 0.25) is 0 Å². The van der Waals surface area contributed by atoms with E-state index in [1.54, 1.807) is 17.8 Å². The molecule has 3 N–H and O–H groups in total. The molecule has 0 aliphatic carbocycles.